The maximum Gasteiger partial charge on any atom is 0.123 e. The van der Waals surface area contributed by atoms with Crippen molar-refractivity contribution < 1.29 is 14.2 Å². The number of aliphatic hydroxyl groups is 1. The zero-order chi connectivity index (χ0) is 22.5. The highest BCUT2D eigenvalue weighted by Crippen LogP contribution is 2.56. The lowest BCUT2D eigenvalue weighted by atomic mass is 9.54. The number of rotatable bonds is 4. The molecular formula is C27H29FN2O2. The first kappa shape index (κ1) is 21.0. The van der Waals surface area contributed by atoms with E-state index in [2.05, 4.69) is 13.0 Å². The van der Waals surface area contributed by atoms with Crippen molar-refractivity contribution >= 4 is 6.08 Å². The predicted octanol–water partition coefficient (Wildman–Crippen LogP) is 5.67. The Morgan fingerprint density at radius 2 is 1.88 bits per heavy atom. The molecule has 1 fully saturated rings. The number of aromatic nitrogens is 2. The summed E-state index contributed by atoms with van der Waals surface area (Å²) in [6, 6.07) is 14.2. The van der Waals surface area contributed by atoms with E-state index < -0.39 is 5.60 Å². The van der Waals surface area contributed by atoms with E-state index >= 15 is 0 Å². The Hall–Kier alpha value is -2.92. The van der Waals surface area contributed by atoms with Crippen LogP contribution in [0.2, 0.25) is 0 Å². The number of ether oxygens (including phenoxy) is 1. The van der Waals surface area contributed by atoms with Gasteiger partial charge in [-0.3, -0.25) is 0 Å². The van der Waals surface area contributed by atoms with E-state index in [4.69, 9.17) is 9.84 Å². The number of benzene rings is 2. The molecule has 1 aromatic heterocycles. The third-order valence-electron chi connectivity index (χ3n) is 7.62. The number of methoxy groups -OCH3 is 1. The van der Waals surface area contributed by atoms with Gasteiger partial charge in [0.25, 0.3) is 0 Å². The molecule has 0 radical (unpaired) electrons. The van der Waals surface area contributed by atoms with Gasteiger partial charge in [-0.15, -0.1) is 0 Å². The first-order valence-electron chi connectivity index (χ1n) is 11.2. The van der Waals surface area contributed by atoms with Crippen molar-refractivity contribution in [3.63, 3.8) is 0 Å². The Balaban J connectivity index is 1.53. The van der Waals surface area contributed by atoms with Gasteiger partial charge >= 0.3 is 0 Å². The normalized spacial score (nSPS) is 24.2. The van der Waals surface area contributed by atoms with Gasteiger partial charge in [0.1, 0.15) is 11.6 Å². The highest BCUT2D eigenvalue weighted by Gasteiger charge is 2.51. The van der Waals surface area contributed by atoms with Crippen LogP contribution in [0.4, 0.5) is 4.39 Å². The summed E-state index contributed by atoms with van der Waals surface area (Å²) in [5, 5.41) is 16.4. The molecule has 0 saturated heterocycles. The van der Waals surface area contributed by atoms with Crippen LogP contribution >= 0.6 is 0 Å². The van der Waals surface area contributed by atoms with E-state index in [0.29, 0.717) is 0 Å². The average Bonchev–Trinajstić information content (AvgIpc) is 3.19. The van der Waals surface area contributed by atoms with Crippen LogP contribution in [0.15, 0.2) is 60.3 Å². The zero-order valence-corrected chi connectivity index (χ0v) is 18.8. The minimum absolute atomic E-state index is 0.0259. The summed E-state index contributed by atoms with van der Waals surface area (Å²) in [5.41, 5.74) is 4.20. The minimum atomic E-state index is -1.05. The Morgan fingerprint density at radius 1 is 1.16 bits per heavy atom. The Kier molecular flexibility index (Phi) is 4.97. The quantitative estimate of drug-likeness (QED) is 0.578. The summed E-state index contributed by atoms with van der Waals surface area (Å²) in [7, 11) is 1.66. The monoisotopic (exact) mass is 432 g/mol. The molecule has 5 rings (SSSR count). The van der Waals surface area contributed by atoms with Gasteiger partial charge in [0.2, 0.25) is 0 Å². The van der Waals surface area contributed by atoms with Crippen molar-refractivity contribution in [2.45, 2.75) is 45.1 Å². The third-order valence-corrected chi connectivity index (χ3v) is 7.62. The van der Waals surface area contributed by atoms with Gasteiger partial charge in [0.15, 0.2) is 0 Å². The van der Waals surface area contributed by atoms with Gasteiger partial charge in [-0.25, -0.2) is 9.07 Å². The second-order valence-electron chi connectivity index (χ2n) is 9.53. The molecule has 4 nitrogen and oxygen atoms in total. The van der Waals surface area contributed by atoms with Crippen molar-refractivity contribution in [1.82, 2.24) is 9.78 Å². The van der Waals surface area contributed by atoms with Crippen LogP contribution in [-0.2, 0) is 12.0 Å². The molecule has 0 unspecified atom stereocenters. The van der Waals surface area contributed by atoms with Gasteiger partial charge in [-0.05, 0) is 91.6 Å². The van der Waals surface area contributed by atoms with Crippen molar-refractivity contribution in [1.29, 1.82) is 0 Å². The lowest BCUT2D eigenvalue weighted by molar-refractivity contribution is -0.0659. The lowest BCUT2D eigenvalue weighted by Gasteiger charge is -2.51. The minimum Gasteiger partial charge on any atom is -0.497 e. The number of nitrogens with zero attached hydrogens (tertiary/aromatic N) is 2. The molecule has 3 atom stereocenters. The third kappa shape index (κ3) is 3.27. The molecule has 2 aromatic carbocycles. The largest absolute Gasteiger partial charge is 0.497 e. The Bertz CT molecular complexity index is 1160. The second kappa shape index (κ2) is 7.59. The van der Waals surface area contributed by atoms with Crippen LogP contribution in [0.3, 0.4) is 0 Å². The van der Waals surface area contributed by atoms with E-state index in [9.17, 15) is 9.50 Å². The molecule has 0 bridgehead atoms. The maximum atomic E-state index is 13.5. The summed E-state index contributed by atoms with van der Waals surface area (Å²) in [6.07, 6.45) is 8.03. The summed E-state index contributed by atoms with van der Waals surface area (Å²) in [4.78, 5) is 0. The van der Waals surface area contributed by atoms with Gasteiger partial charge in [0.05, 0.1) is 30.3 Å². The van der Waals surface area contributed by atoms with Gasteiger partial charge in [-0.1, -0.05) is 24.6 Å². The number of hydrogen-bond donors (Lipinski definition) is 1. The molecule has 0 aliphatic heterocycles. The Labute approximate surface area is 188 Å². The SMILES string of the molecule is COc1ccc(-n2ncc3c2C=C2CCC[C@H]([C@@](C)(O)c4ccc(F)cc4)[C@@]2(C)C3)cc1. The highest BCUT2D eigenvalue weighted by molar-refractivity contribution is 5.61. The van der Waals surface area contributed by atoms with Crippen LogP contribution < -0.4 is 4.74 Å². The lowest BCUT2D eigenvalue weighted by Crippen LogP contribution is -2.47. The standard InChI is InChI=1S/C27H29FN2O2/c1-26-16-18-17-29-30(22-11-13-23(32-3)14-12-22)24(18)15-20(26)5-4-6-25(26)27(2,31)19-7-9-21(28)10-8-19/h7-15,17,25,31H,4-6,16H2,1-3H3/t25-,26-,27-/m0/s1. The molecule has 0 spiro atoms. The van der Waals surface area contributed by atoms with Gasteiger partial charge in [0, 0.05) is 5.92 Å². The van der Waals surface area contributed by atoms with Crippen LogP contribution in [0.5, 0.6) is 5.75 Å². The summed E-state index contributed by atoms with van der Waals surface area (Å²) >= 11 is 0. The van der Waals surface area contributed by atoms with Crippen molar-refractivity contribution in [3.05, 3.63) is 82.9 Å². The smallest absolute Gasteiger partial charge is 0.123 e. The molecule has 2 aliphatic carbocycles. The van der Waals surface area contributed by atoms with Crippen molar-refractivity contribution in [2.24, 2.45) is 11.3 Å². The summed E-state index contributed by atoms with van der Waals surface area (Å²) in [6.45, 7) is 4.16. The van der Waals surface area contributed by atoms with Gasteiger partial charge < -0.3 is 9.84 Å². The molecule has 166 valence electrons. The second-order valence-corrected chi connectivity index (χ2v) is 9.53. The highest BCUT2D eigenvalue weighted by atomic mass is 19.1. The van der Waals surface area contributed by atoms with Crippen LogP contribution in [0, 0.1) is 17.2 Å². The number of halogens is 1. The van der Waals surface area contributed by atoms with Crippen LogP contribution in [0.25, 0.3) is 11.8 Å². The van der Waals surface area contributed by atoms with Crippen LogP contribution in [-0.4, -0.2) is 22.0 Å². The Morgan fingerprint density at radius 3 is 2.56 bits per heavy atom. The molecular weight excluding hydrogens is 403 g/mol. The molecule has 2 aliphatic rings. The molecule has 3 aromatic rings. The van der Waals surface area contributed by atoms with Crippen molar-refractivity contribution in [3.8, 4) is 11.4 Å². The molecule has 32 heavy (non-hydrogen) atoms. The topological polar surface area (TPSA) is 47.3 Å². The summed E-state index contributed by atoms with van der Waals surface area (Å²) in [5.74, 6) is 0.560. The number of allylic oxidation sites excluding steroid dienone is 1. The predicted molar refractivity (Wildman–Crippen MR) is 123 cm³/mol. The van der Waals surface area contributed by atoms with Gasteiger partial charge in [-0.2, -0.15) is 5.10 Å². The average molecular weight is 433 g/mol. The first-order chi connectivity index (χ1) is 15.3. The number of hydrogen-bond acceptors (Lipinski definition) is 3. The zero-order valence-electron chi connectivity index (χ0n) is 18.8. The van der Waals surface area contributed by atoms with Crippen LogP contribution in [0.1, 0.15) is 49.9 Å². The molecule has 1 heterocycles. The summed E-state index contributed by atoms with van der Waals surface area (Å²) < 4.78 is 20.8. The van der Waals surface area contributed by atoms with E-state index in [1.165, 1.54) is 23.3 Å². The fourth-order valence-electron chi connectivity index (χ4n) is 5.86. The van der Waals surface area contributed by atoms with E-state index in [1.54, 1.807) is 19.2 Å². The maximum absolute atomic E-state index is 13.5. The van der Waals surface area contributed by atoms with Crippen molar-refractivity contribution in [2.75, 3.05) is 7.11 Å². The van der Waals surface area contributed by atoms with E-state index in [0.717, 1.165) is 48.4 Å². The molecule has 0 amide bonds. The fourth-order valence-corrected chi connectivity index (χ4v) is 5.86. The fraction of sp³-hybridized carbons (Fsp3) is 0.370. The first-order valence-corrected chi connectivity index (χ1v) is 11.2. The molecule has 1 N–H and O–H groups in total. The number of fused-ring (bicyclic) bond motifs is 2. The van der Waals surface area contributed by atoms with E-state index in [1.807, 2.05) is 42.1 Å². The van der Waals surface area contributed by atoms with E-state index in [-0.39, 0.29) is 17.2 Å². The molecule has 5 heteroatoms. The molecule has 1 saturated carbocycles.